The molecular weight excluding hydrogens is 320 g/mol. The summed E-state index contributed by atoms with van der Waals surface area (Å²) in [5.74, 6) is -1.62. The molecule has 1 amide bonds. The first-order valence-corrected chi connectivity index (χ1v) is 7.06. The minimum absolute atomic E-state index is 0.0197. The van der Waals surface area contributed by atoms with E-state index in [1.54, 1.807) is 6.92 Å². The lowest BCUT2D eigenvalue weighted by atomic mass is 10.0. The third-order valence-corrected chi connectivity index (χ3v) is 3.46. The van der Waals surface area contributed by atoms with Gasteiger partial charge in [0.05, 0.1) is 11.6 Å². The largest absolute Gasteiger partial charge is 0.478 e. The Bertz CT molecular complexity index is 781. The maximum Gasteiger partial charge on any atom is 0.335 e. The monoisotopic (exact) mass is 335 g/mol. The van der Waals surface area contributed by atoms with Gasteiger partial charge in [0.2, 0.25) is 0 Å². The van der Waals surface area contributed by atoms with Gasteiger partial charge in [-0.05, 0) is 37.6 Å². The smallest absolute Gasteiger partial charge is 0.335 e. The summed E-state index contributed by atoms with van der Waals surface area (Å²) >= 11 is 0. The van der Waals surface area contributed by atoms with Crippen molar-refractivity contribution in [1.82, 2.24) is 15.3 Å². The maximum absolute atomic E-state index is 12.7. The van der Waals surface area contributed by atoms with E-state index in [9.17, 15) is 18.4 Å². The Morgan fingerprint density at radius 3 is 2.50 bits per heavy atom. The Balaban J connectivity index is 2.22. The van der Waals surface area contributed by atoms with E-state index in [2.05, 4.69) is 15.3 Å². The van der Waals surface area contributed by atoms with Crippen LogP contribution in [0.2, 0.25) is 0 Å². The van der Waals surface area contributed by atoms with Crippen LogP contribution in [0.5, 0.6) is 0 Å². The summed E-state index contributed by atoms with van der Waals surface area (Å²) in [7, 11) is 0. The van der Waals surface area contributed by atoms with E-state index in [0.717, 1.165) is 6.07 Å². The molecule has 1 atom stereocenters. The number of hydrogen-bond donors (Lipinski definition) is 2. The molecule has 0 fully saturated rings. The fraction of sp³-hybridized carbons (Fsp3) is 0.250. The second-order valence-corrected chi connectivity index (χ2v) is 5.12. The average molecular weight is 335 g/mol. The SMILES string of the molecule is Cc1c(C(=O)O)cccc1C(=O)NC(C)c1nccc(C(F)F)n1. The molecule has 2 aromatic rings. The number of carbonyl (C=O) groups is 2. The number of rotatable bonds is 5. The van der Waals surface area contributed by atoms with Gasteiger partial charge < -0.3 is 10.4 Å². The van der Waals surface area contributed by atoms with E-state index >= 15 is 0 Å². The second kappa shape index (κ2) is 7.12. The molecular formula is C16H15F2N3O3. The van der Waals surface area contributed by atoms with Crippen LogP contribution >= 0.6 is 0 Å². The molecule has 1 unspecified atom stereocenters. The van der Waals surface area contributed by atoms with Gasteiger partial charge in [0.25, 0.3) is 12.3 Å². The molecule has 8 heteroatoms. The van der Waals surface area contributed by atoms with Crippen LogP contribution < -0.4 is 5.32 Å². The number of amides is 1. The highest BCUT2D eigenvalue weighted by atomic mass is 19.3. The normalized spacial score (nSPS) is 12.0. The van der Waals surface area contributed by atoms with Crippen molar-refractivity contribution in [2.45, 2.75) is 26.3 Å². The summed E-state index contributed by atoms with van der Waals surface area (Å²) in [5.41, 5.74) is 0.0973. The van der Waals surface area contributed by atoms with Gasteiger partial charge in [-0.3, -0.25) is 4.79 Å². The minimum Gasteiger partial charge on any atom is -0.478 e. The van der Waals surface area contributed by atoms with Crippen molar-refractivity contribution < 1.29 is 23.5 Å². The fourth-order valence-electron chi connectivity index (χ4n) is 2.17. The van der Waals surface area contributed by atoms with Crippen molar-refractivity contribution in [2.75, 3.05) is 0 Å². The van der Waals surface area contributed by atoms with Crippen LogP contribution in [-0.4, -0.2) is 27.0 Å². The Morgan fingerprint density at radius 2 is 1.88 bits per heavy atom. The molecule has 0 radical (unpaired) electrons. The predicted octanol–water partition coefficient (Wildman–Crippen LogP) is 2.91. The first kappa shape index (κ1) is 17.5. The summed E-state index contributed by atoms with van der Waals surface area (Å²) in [5, 5.41) is 11.7. The van der Waals surface area contributed by atoms with Crippen molar-refractivity contribution in [3.8, 4) is 0 Å². The maximum atomic E-state index is 12.7. The molecule has 1 aromatic heterocycles. The van der Waals surface area contributed by atoms with Crippen LogP contribution in [0, 0.1) is 6.92 Å². The minimum atomic E-state index is -2.73. The van der Waals surface area contributed by atoms with E-state index in [1.807, 2.05) is 0 Å². The highest BCUT2D eigenvalue weighted by Crippen LogP contribution is 2.18. The van der Waals surface area contributed by atoms with E-state index in [4.69, 9.17) is 5.11 Å². The number of aromatic carboxylic acids is 1. The molecule has 24 heavy (non-hydrogen) atoms. The number of hydrogen-bond acceptors (Lipinski definition) is 4. The molecule has 2 rings (SSSR count). The van der Waals surface area contributed by atoms with Crippen molar-refractivity contribution in [3.63, 3.8) is 0 Å². The van der Waals surface area contributed by atoms with Crippen LogP contribution in [0.3, 0.4) is 0 Å². The van der Waals surface area contributed by atoms with Crippen molar-refractivity contribution in [3.05, 3.63) is 58.7 Å². The van der Waals surface area contributed by atoms with Crippen LogP contribution in [0.4, 0.5) is 8.78 Å². The molecule has 0 bridgehead atoms. The summed E-state index contributed by atoms with van der Waals surface area (Å²) in [6.45, 7) is 3.08. The molecule has 0 aliphatic carbocycles. The van der Waals surface area contributed by atoms with Crippen molar-refractivity contribution in [1.29, 1.82) is 0 Å². The first-order chi connectivity index (χ1) is 11.3. The predicted molar refractivity (Wildman–Crippen MR) is 81.0 cm³/mol. The lowest BCUT2D eigenvalue weighted by Crippen LogP contribution is -2.29. The standard InChI is InChI=1S/C16H15F2N3O3/c1-8-10(4-3-5-11(8)16(23)24)15(22)20-9(2)14-19-7-6-12(21-14)13(17)18/h3-7,9,13H,1-2H3,(H,20,22)(H,23,24). The molecule has 1 aromatic carbocycles. The van der Waals surface area contributed by atoms with Crippen LogP contribution in [0.1, 0.15) is 57.2 Å². The molecule has 1 heterocycles. The quantitative estimate of drug-likeness (QED) is 0.876. The molecule has 0 aliphatic rings. The number of benzene rings is 1. The Hall–Kier alpha value is -2.90. The van der Waals surface area contributed by atoms with Gasteiger partial charge in [-0.25, -0.2) is 23.5 Å². The zero-order valence-electron chi connectivity index (χ0n) is 13.0. The van der Waals surface area contributed by atoms with Gasteiger partial charge in [0.1, 0.15) is 5.69 Å². The molecule has 0 spiro atoms. The van der Waals surface area contributed by atoms with Crippen LogP contribution in [0.15, 0.2) is 30.5 Å². The average Bonchev–Trinajstić information content (AvgIpc) is 2.54. The number of alkyl halides is 2. The Kier molecular flexibility index (Phi) is 5.18. The lowest BCUT2D eigenvalue weighted by molar-refractivity contribution is 0.0696. The van der Waals surface area contributed by atoms with E-state index in [0.29, 0.717) is 5.56 Å². The second-order valence-electron chi connectivity index (χ2n) is 5.12. The molecule has 2 N–H and O–H groups in total. The van der Waals surface area contributed by atoms with E-state index in [1.165, 1.54) is 31.3 Å². The number of carboxylic acids is 1. The third-order valence-electron chi connectivity index (χ3n) is 3.46. The van der Waals surface area contributed by atoms with Crippen LogP contribution in [0.25, 0.3) is 0 Å². The van der Waals surface area contributed by atoms with E-state index in [-0.39, 0.29) is 17.0 Å². The summed E-state index contributed by atoms with van der Waals surface area (Å²) in [4.78, 5) is 31.1. The highest BCUT2D eigenvalue weighted by Gasteiger charge is 2.19. The number of nitrogens with one attached hydrogen (secondary N) is 1. The topological polar surface area (TPSA) is 92.2 Å². The number of nitrogens with zero attached hydrogens (tertiary/aromatic N) is 2. The van der Waals surface area contributed by atoms with Crippen LogP contribution in [-0.2, 0) is 0 Å². The Morgan fingerprint density at radius 1 is 1.21 bits per heavy atom. The third kappa shape index (κ3) is 3.70. The number of carboxylic acid groups (broad SMARTS) is 1. The molecule has 126 valence electrons. The van der Waals surface area contributed by atoms with Gasteiger partial charge in [-0.15, -0.1) is 0 Å². The van der Waals surface area contributed by atoms with Crippen molar-refractivity contribution >= 4 is 11.9 Å². The highest BCUT2D eigenvalue weighted by molar-refractivity contribution is 5.99. The summed E-state index contributed by atoms with van der Waals surface area (Å²) in [6.07, 6.45) is -1.54. The van der Waals surface area contributed by atoms with Gasteiger partial charge in [-0.1, -0.05) is 6.07 Å². The number of carbonyl (C=O) groups excluding carboxylic acids is 1. The molecule has 0 aliphatic heterocycles. The molecule has 0 saturated heterocycles. The van der Waals surface area contributed by atoms with Crippen molar-refractivity contribution in [2.24, 2.45) is 0 Å². The zero-order chi connectivity index (χ0) is 17.9. The van der Waals surface area contributed by atoms with Gasteiger partial charge in [-0.2, -0.15) is 0 Å². The lowest BCUT2D eigenvalue weighted by Gasteiger charge is -2.15. The van der Waals surface area contributed by atoms with E-state index < -0.39 is 30.0 Å². The summed E-state index contributed by atoms with van der Waals surface area (Å²) < 4.78 is 25.4. The fourth-order valence-corrected chi connectivity index (χ4v) is 2.17. The van der Waals surface area contributed by atoms with Gasteiger partial charge in [0.15, 0.2) is 5.82 Å². The zero-order valence-corrected chi connectivity index (χ0v) is 13.0. The molecule has 6 nitrogen and oxygen atoms in total. The van der Waals surface area contributed by atoms with Gasteiger partial charge in [0, 0.05) is 11.8 Å². The Labute approximate surface area is 136 Å². The number of aromatic nitrogens is 2. The molecule has 0 saturated carbocycles. The first-order valence-electron chi connectivity index (χ1n) is 7.06. The number of halogens is 2. The summed E-state index contributed by atoms with van der Waals surface area (Å²) in [6, 6.07) is 4.73. The van der Waals surface area contributed by atoms with Gasteiger partial charge >= 0.3 is 5.97 Å².